The van der Waals surface area contributed by atoms with Gasteiger partial charge in [-0.05, 0) is 96.8 Å². The summed E-state index contributed by atoms with van der Waals surface area (Å²) in [7, 11) is 0. The summed E-state index contributed by atoms with van der Waals surface area (Å²) < 4.78 is 5.88. The molecule has 14 N–H and O–H groups in total. The molecule has 23 nitrogen and oxygen atoms in total. The second-order valence-electron chi connectivity index (χ2n) is 23.4. The zero-order chi connectivity index (χ0) is 61.8. The van der Waals surface area contributed by atoms with Gasteiger partial charge in [-0.25, -0.2) is 0 Å². The number of aromatic hydroxyl groups is 1. The third kappa shape index (κ3) is 16.1. The molecular weight excluding hydrogens is 1110 g/mol. The summed E-state index contributed by atoms with van der Waals surface area (Å²) in [5.74, 6) is -6.71. The number of aliphatic hydroxyl groups excluding tert-OH is 5. The van der Waals surface area contributed by atoms with E-state index >= 15 is 0 Å². The Morgan fingerprint density at radius 2 is 1.35 bits per heavy atom. The van der Waals surface area contributed by atoms with Crippen molar-refractivity contribution < 1.29 is 68.9 Å². The summed E-state index contributed by atoms with van der Waals surface area (Å²) in [6.45, 7) is 3.67. The highest BCUT2D eigenvalue weighted by atomic mass is 16.5. The van der Waals surface area contributed by atoms with E-state index in [2.05, 4.69) is 38.8 Å². The fourth-order valence-electron chi connectivity index (χ4n) is 11.8. The molecule has 86 heavy (non-hydrogen) atoms. The summed E-state index contributed by atoms with van der Waals surface area (Å²) in [5, 5.41) is 82.7. The van der Waals surface area contributed by atoms with E-state index in [1.54, 1.807) is 31.2 Å². The van der Waals surface area contributed by atoms with E-state index in [1.165, 1.54) is 31.2 Å². The quantitative estimate of drug-likeness (QED) is 0.0688. The van der Waals surface area contributed by atoms with Gasteiger partial charge in [-0.15, -0.1) is 0 Å². The Balaban J connectivity index is 1.10. The second-order valence-corrected chi connectivity index (χ2v) is 23.4. The topological polar surface area (TPSA) is 355 Å². The second kappa shape index (κ2) is 29.7. The van der Waals surface area contributed by atoms with Crippen LogP contribution in [0, 0.1) is 5.92 Å². The largest absolute Gasteiger partial charge is 0.508 e. The van der Waals surface area contributed by atoms with Crippen LogP contribution in [0.3, 0.4) is 0 Å². The predicted molar refractivity (Wildman–Crippen MR) is 318 cm³/mol. The Kier molecular flexibility index (Phi) is 22.3. The molecule has 0 radical (unpaired) electrons. The van der Waals surface area contributed by atoms with E-state index in [1.807, 2.05) is 48.5 Å². The Morgan fingerprint density at radius 3 is 1.97 bits per heavy atom. The maximum Gasteiger partial charge on any atom is 0.251 e. The average molecular weight is 1190 g/mol. The van der Waals surface area contributed by atoms with Gasteiger partial charge in [-0.2, -0.15) is 0 Å². The van der Waals surface area contributed by atoms with Gasteiger partial charge in [0.15, 0.2) is 0 Å². The van der Waals surface area contributed by atoms with Crippen LogP contribution in [-0.4, -0.2) is 193 Å². The van der Waals surface area contributed by atoms with Gasteiger partial charge in [0.2, 0.25) is 35.4 Å². The monoisotopic (exact) mass is 1190 g/mol. The number of phenols is 1. The van der Waals surface area contributed by atoms with Crippen molar-refractivity contribution >= 4 is 41.4 Å². The number of nitrogens with zero attached hydrogens (tertiary/aromatic N) is 2. The fourth-order valence-corrected chi connectivity index (χ4v) is 11.8. The summed E-state index contributed by atoms with van der Waals surface area (Å²) in [6, 6.07) is 16.4. The molecule has 1 aliphatic carbocycles. The maximum absolute atomic E-state index is 15.0. The molecule has 4 fully saturated rings. The van der Waals surface area contributed by atoms with E-state index in [9.17, 15) is 64.2 Å². The molecule has 0 spiro atoms. The molecule has 4 aliphatic rings. The van der Waals surface area contributed by atoms with Gasteiger partial charge in [0.1, 0.15) is 47.8 Å². The number of benzene rings is 4. The zero-order valence-corrected chi connectivity index (χ0v) is 48.8. The zero-order valence-electron chi connectivity index (χ0n) is 48.8. The summed E-state index contributed by atoms with van der Waals surface area (Å²) in [5.41, 5.74) is 10.9. The van der Waals surface area contributed by atoms with Crippen LogP contribution in [-0.2, 0) is 35.2 Å². The number of nitrogens with one attached hydrogen (secondary N) is 6. The molecule has 1 unspecified atom stereocenters. The van der Waals surface area contributed by atoms with Crippen LogP contribution < -0.4 is 42.4 Å². The highest BCUT2D eigenvalue weighted by Crippen LogP contribution is 2.29. The number of rotatable bonds is 16. The van der Waals surface area contributed by atoms with Gasteiger partial charge in [-0.3, -0.25) is 33.6 Å². The van der Waals surface area contributed by atoms with Crippen molar-refractivity contribution in [2.45, 2.75) is 164 Å². The molecule has 7 amide bonds. The molecule has 0 aromatic heterocycles. The van der Waals surface area contributed by atoms with E-state index in [0.29, 0.717) is 25.0 Å². The molecule has 0 bridgehead atoms. The van der Waals surface area contributed by atoms with Gasteiger partial charge in [-0.1, -0.05) is 100 Å². The number of ether oxygens (including phenoxy) is 1. The number of carbonyl (C=O) groups is 7. The molecule has 3 heterocycles. The van der Waals surface area contributed by atoms with Gasteiger partial charge in [0.05, 0.1) is 37.6 Å². The lowest BCUT2D eigenvalue weighted by Gasteiger charge is -2.35. The van der Waals surface area contributed by atoms with Crippen LogP contribution >= 0.6 is 0 Å². The molecule has 3 aliphatic heterocycles. The number of hydrogen-bond acceptors (Lipinski definition) is 16. The highest BCUT2D eigenvalue weighted by molar-refractivity contribution is 6.00. The molecule has 14 atom stereocenters. The van der Waals surface area contributed by atoms with Crippen LogP contribution in [0.5, 0.6) is 11.5 Å². The predicted octanol–water partition coefficient (Wildman–Crippen LogP) is 0.742. The number of amides is 7. The SMILES string of the molecule is CCCCCOc1ccc(-c2ccc(-c3ccc(C(=O)N[C@H]4CC(N[C@@H]5CCCC[C@H]5N)CNC(=O)[C@@H]5[C@@H](O)[C@@H](C)CN5C(=O)[C@H](CO)NC(=O)[C@H]([C@H](O)Cc5ccc(O)cc5)NC(=O)[C@@H]5C[C@@H](O)CN5C(=O)[C@H]([C@@H](C)O)NC4=O)cc3)cc2)cc1. The van der Waals surface area contributed by atoms with Crippen LogP contribution in [0.4, 0.5) is 0 Å². The first-order valence-electron chi connectivity index (χ1n) is 29.9. The lowest BCUT2D eigenvalue weighted by Crippen LogP contribution is -2.63. The van der Waals surface area contributed by atoms with Crippen molar-refractivity contribution in [3.8, 4) is 33.8 Å². The Labute approximate surface area is 500 Å². The number of unbranched alkanes of at least 4 members (excludes halogenated alkanes) is 2. The number of nitrogens with two attached hydrogens (primary N) is 1. The van der Waals surface area contributed by atoms with Gasteiger partial charge in [0.25, 0.3) is 5.91 Å². The van der Waals surface area contributed by atoms with Crippen molar-refractivity contribution in [1.29, 1.82) is 0 Å². The minimum absolute atomic E-state index is 0.0932. The van der Waals surface area contributed by atoms with Crippen LogP contribution in [0.2, 0.25) is 0 Å². The number of phenolic OH excluding ortho intramolecular Hbond substituents is 1. The lowest BCUT2D eigenvalue weighted by atomic mass is 9.90. The number of fused-ring (bicyclic) bond motifs is 2. The first-order chi connectivity index (χ1) is 41.2. The van der Waals surface area contributed by atoms with Crippen molar-refractivity contribution in [3.63, 3.8) is 0 Å². The van der Waals surface area contributed by atoms with Crippen molar-refractivity contribution in [1.82, 2.24) is 41.7 Å². The van der Waals surface area contributed by atoms with E-state index in [4.69, 9.17) is 10.5 Å². The third-order valence-electron chi connectivity index (χ3n) is 16.8. The number of carbonyl (C=O) groups excluding carboxylic acids is 7. The fraction of sp³-hybridized carbons (Fsp3) is 0.508. The van der Waals surface area contributed by atoms with E-state index in [-0.39, 0.29) is 55.7 Å². The van der Waals surface area contributed by atoms with Gasteiger partial charge >= 0.3 is 0 Å². The van der Waals surface area contributed by atoms with Gasteiger partial charge < -0.3 is 82.8 Å². The first kappa shape index (κ1) is 64.5. The molecule has 8 rings (SSSR count). The van der Waals surface area contributed by atoms with E-state index < -0.39 is 127 Å². The van der Waals surface area contributed by atoms with Gasteiger partial charge in [0, 0.05) is 62.1 Å². The molecule has 3 saturated heterocycles. The Hall–Kier alpha value is -7.51. The van der Waals surface area contributed by atoms with Crippen LogP contribution in [0.15, 0.2) is 97.1 Å². The third-order valence-corrected chi connectivity index (χ3v) is 16.8. The Bertz CT molecular complexity index is 2970. The molecule has 4 aromatic rings. The maximum atomic E-state index is 15.0. The minimum atomic E-state index is -1.92. The summed E-state index contributed by atoms with van der Waals surface area (Å²) in [6.07, 6.45) is -1.00. The molecule has 4 aromatic carbocycles. The average Bonchev–Trinajstić information content (AvgIpc) is 3.31. The highest BCUT2D eigenvalue weighted by Gasteiger charge is 2.49. The molecule has 1 saturated carbocycles. The van der Waals surface area contributed by atoms with Crippen molar-refractivity contribution in [2.24, 2.45) is 11.7 Å². The molecule has 464 valence electrons. The number of hydrogen-bond donors (Lipinski definition) is 13. The first-order valence-corrected chi connectivity index (χ1v) is 29.9. The number of aliphatic hydroxyl groups is 5. The smallest absolute Gasteiger partial charge is 0.251 e. The summed E-state index contributed by atoms with van der Waals surface area (Å²) >= 11 is 0. The summed E-state index contributed by atoms with van der Waals surface area (Å²) in [4.78, 5) is 104. The minimum Gasteiger partial charge on any atom is -0.508 e. The molecular formula is C63H83N9O14. The Morgan fingerprint density at radius 1 is 0.733 bits per heavy atom. The van der Waals surface area contributed by atoms with E-state index in [0.717, 1.165) is 69.9 Å². The normalized spacial score (nSPS) is 28.0. The van der Waals surface area contributed by atoms with Crippen LogP contribution in [0.1, 0.15) is 94.5 Å². The standard InChI is InChI=1S/C63H83N9O14/c1-4-5-8-27-86-46-25-21-41(22-26-46)39-15-13-38(14-16-39)40-17-19-42(20-18-40)57(79)67-49-29-43(66-48-10-7-6-9-47(48)64)31-65-61(83)55-56(78)35(2)32-72(55)62(84)50(34-73)68-60(82)54(52(77)28-37-11-23-44(75)24-12-37)70-59(81)51-30-45(76)33-71(51)63(85)53(36(3)74)69-58(49)80/h11-26,35-36,43,45,47-56,66,73-78H,4-10,27-34,64H2,1-3H3,(H,65,83)(H,67,79)(H,68,82)(H,69,80)(H,70,81)/t35-,36+,43?,45+,47+,48+,49-,50-,51-,52+,53-,54-,55-,56-/m0/s1. The van der Waals surface area contributed by atoms with Crippen LogP contribution in [0.25, 0.3) is 22.3 Å². The lowest BCUT2D eigenvalue weighted by molar-refractivity contribution is -0.146. The van der Waals surface area contributed by atoms with Crippen molar-refractivity contribution in [2.75, 3.05) is 32.8 Å². The molecule has 23 heteroatoms. The van der Waals surface area contributed by atoms with Crippen molar-refractivity contribution in [3.05, 3.63) is 108 Å².